The first-order valence-electron chi connectivity index (χ1n) is 9.83. The third-order valence-corrected chi connectivity index (χ3v) is 5.40. The van der Waals surface area contributed by atoms with Gasteiger partial charge in [-0.05, 0) is 65.2 Å². The van der Waals surface area contributed by atoms with Gasteiger partial charge in [0.25, 0.3) is 5.91 Å². The number of carbonyl (C=O) groups excluding carboxylic acids is 1. The predicted molar refractivity (Wildman–Crippen MR) is 104 cm³/mol. The Morgan fingerprint density at radius 2 is 1.83 bits per heavy atom. The van der Waals surface area contributed by atoms with Crippen LogP contribution in [0.5, 0.6) is 11.5 Å². The molecule has 0 spiro atoms. The first-order valence-corrected chi connectivity index (χ1v) is 9.83. The number of hydrogen-bond acceptors (Lipinski definition) is 6. The van der Waals surface area contributed by atoms with Gasteiger partial charge in [-0.2, -0.15) is 0 Å². The number of rotatable bonds is 3. The van der Waals surface area contributed by atoms with E-state index in [1.165, 1.54) is 6.33 Å². The molecule has 1 aromatic heterocycles. The molecule has 0 unspecified atom stereocenters. The topological polar surface area (TPSA) is 82.4 Å². The van der Waals surface area contributed by atoms with Crippen molar-refractivity contribution in [1.29, 1.82) is 0 Å². The number of nitrogens with zero attached hydrogens (tertiary/aromatic N) is 5. The van der Waals surface area contributed by atoms with Crippen LogP contribution in [0, 0.1) is 0 Å². The summed E-state index contributed by atoms with van der Waals surface area (Å²) < 4.78 is 13.1. The monoisotopic (exact) mass is 391 g/mol. The summed E-state index contributed by atoms with van der Waals surface area (Å²) in [6.07, 6.45) is 4.32. The van der Waals surface area contributed by atoms with Gasteiger partial charge in [0.05, 0.1) is 24.9 Å². The van der Waals surface area contributed by atoms with E-state index in [0.29, 0.717) is 18.8 Å². The minimum Gasteiger partial charge on any atom is -0.490 e. The van der Waals surface area contributed by atoms with Crippen molar-refractivity contribution in [2.75, 3.05) is 19.8 Å². The summed E-state index contributed by atoms with van der Waals surface area (Å²) in [5, 5.41) is 11.1. The van der Waals surface area contributed by atoms with Crippen molar-refractivity contribution in [2.24, 2.45) is 0 Å². The minimum atomic E-state index is 0.0304. The number of hydrogen-bond donors (Lipinski definition) is 0. The molecule has 3 aromatic rings. The van der Waals surface area contributed by atoms with Crippen molar-refractivity contribution in [3.8, 4) is 17.2 Å². The van der Waals surface area contributed by atoms with E-state index >= 15 is 0 Å². The van der Waals surface area contributed by atoms with Crippen LogP contribution in [0.25, 0.3) is 5.69 Å². The van der Waals surface area contributed by atoms with Crippen molar-refractivity contribution in [1.82, 2.24) is 25.1 Å². The van der Waals surface area contributed by atoms with Crippen LogP contribution in [0.15, 0.2) is 48.8 Å². The molecule has 0 saturated carbocycles. The Morgan fingerprint density at radius 1 is 1.00 bits per heavy atom. The molecule has 0 N–H and O–H groups in total. The Morgan fingerprint density at radius 3 is 2.62 bits per heavy atom. The molecule has 1 saturated heterocycles. The zero-order valence-corrected chi connectivity index (χ0v) is 15.9. The summed E-state index contributed by atoms with van der Waals surface area (Å²) in [7, 11) is 0. The maximum absolute atomic E-state index is 13.2. The number of amides is 1. The lowest BCUT2D eigenvalue weighted by Gasteiger charge is -2.26. The Kier molecular flexibility index (Phi) is 4.59. The SMILES string of the molecule is O=C(c1ccc(-n2cnnn2)cc1)N1CCC[C@@H]1c1ccc2c(c1)OCCCO2. The summed E-state index contributed by atoms with van der Waals surface area (Å²) in [4.78, 5) is 15.1. The number of likely N-dealkylation sites (tertiary alicyclic amines) is 1. The summed E-state index contributed by atoms with van der Waals surface area (Å²) in [5.74, 6) is 1.58. The molecule has 8 heteroatoms. The van der Waals surface area contributed by atoms with Gasteiger partial charge < -0.3 is 14.4 Å². The van der Waals surface area contributed by atoms with Gasteiger partial charge >= 0.3 is 0 Å². The van der Waals surface area contributed by atoms with Gasteiger partial charge in [-0.15, -0.1) is 5.10 Å². The minimum absolute atomic E-state index is 0.0304. The largest absolute Gasteiger partial charge is 0.490 e. The Bertz CT molecular complexity index is 1000. The average Bonchev–Trinajstić information content (AvgIpc) is 3.42. The molecular weight excluding hydrogens is 370 g/mol. The summed E-state index contributed by atoms with van der Waals surface area (Å²) >= 11 is 0. The first-order chi connectivity index (χ1) is 14.3. The lowest BCUT2D eigenvalue weighted by molar-refractivity contribution is 0.0735. The zero-order valence-electron chi connectivity index (χ0n) is 15.9. The van der Waals surface area contributed by atoms with Gasteiger partial charge in [-0.3, -0.25) is 4.79 Å². The molecule has 5 rings (SSSR count). The van der Waals surface area contributed by atoms with Crippen LogP contribution in [0.3, 0.4) is 0 Å². The molecule has 1 atom stereocenters. The van der Waals surface area contributed by atoms with Crippen molar-refractivity contribution in [3.05, 3.63) is 59.9 Å². The Balaban J connectivity index is 1.38. The number of benzene rings is 2. The molecule has 0 aliphatic carbocycles. The second-order valence-electron chi connectivity index (χ2n) is 7.21. The molecule has 3 heterocycles. The number of carbonyl (C=O) groups is 1. The first kappa shape index (κ1) is 17.7. The van der Waals surface area contributed by atoms with Crippen molar-refractivity contribution in [3.63, 3.8) is 0 Å². The Hall–Kier alpha value is -3.42. The van der Waals surface area contributed by atoms with Gasteiger partial charge in [-0.25, -0.2) is 4.68 Å². The maximum Gasteiger partial charge on any atom is 0.254 e. The summed E-state index contributed by atoms with van der Waals surface area (Å²) in [6.45, 7) is 2.06. The highest BCUT2D eigenvalue weighted by atomic mass is 16.5. The molecule has 148 valence electrons. The third-order valence-electron chi connectivity index (χ3n) is 5.40. The lowest BCUT2D eigenvalue weighted by Crippen LogP contribution is -2.30. The van der Waals surface area contributed by atoms with Crippen molar-refractivity contribution < 1.29 is 14.3 Å². The van der Waals surface area contributed by atoms with Crippen LogP contribution < -0.4 is 9.47 Å². The van der Waals surface area contributed by atoms with E-state index in [4.69, 9.17) is 9.47 Å². The van der Waals surface area contributed by atoms with E-state index in [9.17, 15) is 4.79 Å². The number of tetrazole rings is 1. The second kappa shape index (κ2) is 7.54. The van der Waals surface area contributed by atoms with Crippen LogP contribution in [0.2, 0.25) is 0 Å². The smallest absolute Gasteiger partial charge is 0.254 e. The molecule has 0 radical (unpaired) electrons. The average molecular weight is 391 g/mol. The fourth-order valence-electron chi connectivity index (χ4n) is 3.95. The van der Waals surface area contributed by atoms with Crippen LogP contribution in [0.4, 0.5) is 0 Å². The van der Waals surface area contributed by atoms with E-state index in [1.54, 1.807) is 4.68 Å². The van der Waals surface area contributed by atoms with Gasteiger partial charge in [0, 0.05) is 18.5 Å². The van der Waals surface area contributed by atoms with Crippen molar-refractivity contribution >= 4 is 5.91 Å². The molecule has 8 nitrogen and oxygen atoms in total. The molecule has 29 heavy (non-hydrogen) atoms. The summed E-state index contributed by atoms with van der Waals surface area (Å²) in [6, 6.07) is 13.4. The molecular formula is C21H21N5O3. The highest BCUT2D eigenvalue weighted by molar-refractivity contribution is 5.94. The van der Waals surface area contributed by atoms with Gasteiger partial charge in [-0.1, -0.05) is 6.07 Å². The van der Waals surface area contributed by atoms with Crippen LogP contribution >= 0.6 is 0 Å². The molecule has 1 fully saturated rings. The second-order valence-corrected chi connectivity index (χ2v) is 7.21. The van der Waals surface area contributed by atoms with Crippen molar-refractivity contribution in [2.45, 2.75) is 25.3 Å². The number of fused-ring (bicyclic) bond motifs is 1. The predicted octanol–water partition coefficient (Wildman–Crippen LogP) is 2.80. The van der Waals surface area contributed by atoms with E-state index in [0.717, 1.165) is 48.6 Å². The van der Waals surface area contributed by atoms with Crippen LogP contribution in [-0.4, -0.2) is 50.8 Å². The molecule has 2 aliphatic heterocycles. The zero-order chi connectivity index (χ0) is 19.6. The highest BCUT2D eigenvalue weighted by Gasteiger charge is 2.31. The van der Waals surface area contributed by atoms with E-state index < -0.39 is 0 Å². The van der Waals surface area contributed by atoms with Crippen LogP contribution in [-0.2, 0) is 0 Å². The molecule has 1 amide bonds. The van der Waals surface area contributed by atoms with Gasteiger partial charge in [0.2, 0.25) is 0 Å². The highest BCUT2D eigenvalue weighted by Crippen LogP contribution is 2.38. The third kappa shape index (κ3) is 3.41. The molecule has 0 bridgehead atoms. The number of aromatic nitrogens is 4. The van der Waals surface area contributed by atoms with Gasteiger partial charge in [0.15, 0.2) is 11.5 Å². The fourth-order valence-corrected chi connectivity index (χ4v) is 3.95. The van der Waals surface area contributed by atoms with Gasteiger partial charge in [0.1, 0.15) is 6.33 Å². The van der Waals surface area contributed by atoms with E-state index in [2.05, 4.69) is 15.5 Å². The maximum atomic E-state index is 13.2. The lowest BCUT2D eigenvalue weighted by atomic mass is 10.0. The fraction of sp³-hybridized carbons (Fsp3) is 0.333. The molecule has 2 aliphatic rings. The number of ether oxygens (including phenoxy) is 2. The summed E-state index contributed by atoms with van der Waals surface area (Å²) in [5.41, 5.74) is 2.56. The standard InChI is InChI=1S/C21H21N5O3/c27-21(15-4-7-17(8-5-15)26-14-22-23-24-26)25-10-1-3-18(25)16-6-9-19-20(13-16)29-12-2-11-28-19/h4-9,13-14,18H,1-3,10-12H2/t18-/m1/s1. The Labute approximate surface area is 168 Å². The van der Waals surface area contributed by atoms with Crippen LogP contribution in [0.1, 0.15) is 41.2 Å². The van der Waals surface area contributed by atoms with E-state index in [1.807, 2.05) is 47.4 Å². The molecule has 2 aromatic carbocycles. The van der Waals surface area contributed by atoms with E-state index in [-0.39, 0.29) is 11.9 Å². The quantitative estimate of drug-likeness (QED) is 0.683. The normalized spacial score (nSPS) is 18.5.